The SMILES string of the molecule is COc1c[nH]c(=O)c(C(CCOC(C)(C)C)C(=O)Nc2ccc(C(N)=O)nc2)c1-c1cc(Cl)ccc1OCC(F)(F)F. The molecule has 10 nitrogen and oxygen atoms in total. The highest BCUT2D eigenvalue weighted by atomic mass is 35.5. The standard InChI is InChI=1S/C28H30ClF3N4O6/c1-27(2,3)42-10-9-17(25(38)36-16-6-7-19(24(33)37)34-12-16)23-22(21(40-4)13-35-26(23)39)18-11-15(29)5-8-20(18)41-14-28(30,31)32/h5-8,11-13,17H,9-10,14H2,1-4H3,(H2,33,37)(H,35,39)(H,36,38). The lowest BCUT2D eigenvalue weighted by molar-refractivity contribution is -0.153. The summed E-state index contributed by atoms with van der Waals surface area (Å²) in [4.78, 5) is 45.0. The van der Waals surface area contributed by atoms with Gasteiger partial charge >= 0.3 is 6.18 Å². The number of amides is 2. The van der Waals surface area contributed by atoms with E-state index >= 15 is 0 Å². The van der Waals surface area contributed by atoms with E-state index in [1.807, 2.05) is 20.8 Å². The number of primary amides is 1. The summed E-state index contributed by atoms with van der Waals surface area (Å²) in [5.74, 6) is -2.83. The summed E-state index contributed by atoms with van der Waals surface area (Å²) in [5.41, 5.74) is 4.02. The molecule has 14 heteroatoms. The molecule has 3 aromatic rings. The molecule has 2 aromatic heterocycles. The molecule has 0 spiro atoms. The largest absolute Gasteiger partial charge is 0.495 e. The minimum absolute atomic E-state index is 0.00622. The number of H-pyrrole nitrogens is 1. The molecule has 0 radical (unpaired) electrons. The Labute approximate surface area is 244 Å². The van der Waals surface area contributed by atoms with Crippen molar-refractivity contribution in [2.75, 3.05) is 25.6 Å². The summed E-state index contributed by atoms with van der Waals surface area (Å²) in [6, 6.07) is 6.61. The number of nitrogens with two attached hydrogens (primary N) is 1. The van der Waals surface area contributed by atoms with E-state index in [2.05, 4.69) is 15.3 Å². The van der Waals surface area contributed by atoms with E-state index in [4.69, 9.17) is 31.5 Å². The Morgan fingerprint density at radius 1 is 1.14 bits per heavy atom. The molecular weight excluding hydrogens is 581 g/mol. The zero-order valence-electron chi connectivity index (χ0n) is 23.2. The highest BCUT2D eigenvalue weighted by Gasteiger charge is 2.33. The highest BCUT2D eigenvalue weighted by Crippen LogP contribution is 2.42. The number of aromatic amines is 1. The number of hydrogen-bond acceptors (Lipinski definition) is 7. The molecule has 0 aliphatic carbocycles. The van der Waals surface area contributed by atoms with Gasteiger partial charge in [0.1, 0.15) is 17.2 Å². The van der Waals surface area contributed by atoms with Crippen molar-refractivity contribution in [3.05, 3.63) is 69.4 Å². The first-order valence-corrected chi connectivity index (χ1v) is 13.0. The summed E-state index contributed by atoms with van der Waals surface area (Å²) < 4.78 is 55.6. The van der Waals surface area contributed by atoms with Crippen LogP contribution < -0.4 is 26.1 Å². The van der Waals surface area contributed by atoms with E-state index in [0.717, 1.165) is 0 Å². The van der Waals surface area contributed by atoms with Gasteiger partial charge in [-0.25, -0.2) is 4.98 Å². The molecule has 0 saturated carbocycles. The van der Waals surface area contributed by atoms with Crippen molar-refractivity contribution in [3.8, 4) is 22.6 Å². The molecule has 226 valence electrons. The fraction of sp³-hybridized carbons (Fsp3) is 0.357. The number of anilines is 1. The van der Waals surface area contributed by atoms with Gasteiger partial charge in [-0.05, 0) is 57.5 Å². The van der Waals surface area contributed by atoms with Gasteiger partial charge in [0.2, 0.25) is 5.91 Å². The molecule has 4 N–H and O–H groups in total. The number of aromatic nitrogens is 2. The van der Waals surface area contributed by atoms with Crippen LogP contribution in [-0.4, -0.2) is 53.9 Å². The molecule has 0 fully saturated rings. The van der Waals surface area contributed by atoms with Crippen LogP contribution in [0.4, 0.5) is 18.9 Å². The fourth-order valence-corrected chi connectivity index (χ4v) is 4.19. The van der Waals surface area contributed by atoms with Gasteiger partial charge in [-0.15, -0.1) is 0 Å². The Balaban J connectivity index is 2.18. The highest BCUT2D eigenvalue weighted by molar-refractivity contribution is 6.31. The number of halogens is 4. The Morgan fingerprint density at radius 2 is 1.86 bits per heavy atom. The first kappa shape index (κ1) is 32.4. The maximum Gasteiger partial charge on any atom is 0.422 e. The summed E-state index contributed by atoms with van der Waals surface area (Å²) in [7, 11) is 1.30. The minimum atomic E-state index is -4.65. The predicted octanol–water partition coefficient (Wildman–Crippen LogP) is 5.07. The normalized spacial score (nSPS) is 12.5. The van der Waals surface area contributed by atoms with E-state index in [1.165, 1.54) is 49.8 Å². The van der Waals surface area contributed by atoms with Crippen molar-refractivity contribution in [3.63, 3.8) is 0 Å². The third-order valence-electron chi connectivity index (χ3n) is 5.81. The Morgan fingerprint density at radius 3 is 2.43 bits per heavy atom. The number of ether oxygens (including phenoxy) is 3. The zero-order valence-corrected chi connectivity index (χ0v) is 24.0. The van der Waals surface area contributed by atoms with Crippen LogP contribution >= 0.6 is 11.6 Å². The van der Waals surface area contributed by atoms with Crippen LogP contribution in [0, 0.1) is 0 Å². The molecule has 1 atom stereocenters. The van der Waals surface area contributed by atoms with Crippen molar-refractivity contribution in [2.24, 2.45) is 5.73 Å². The maximum absolute atomic E-state index is 13.7. The van der Waals surface area contributed by atoms with Crippen molar-refractivity contribution >= 4 is 29.1 Å². The number of nitrogens with one attached hydrogen (secondary N) is 2. The predicted molar refractivity (Wildman–Crippen MR) is 150 cm³/mol. The lowest BCUT2D eigenvalue weighted by Crippen LogP contribution is -2.30. The number of hydrogen-bond donors (Lipinski definition) is 3. The van der Waals surface area contributed by atoms with Crippen molar-refractivity contribution in [1.82, 2.24) is 9.97 Å². The van der Waals surface area contributed by atoms with Crippen LogP contribution in [-0.2, 0) is 9.53 Å². The number of benzene rings is 1. The summed E-state index contributed by atoms with van der Waals surface area (Å²) in [6.45, 7) is 3.86. The van der Waals surface area contributed by atoms with Crippen LogP contribution in [0.3, 0.4) is 0 Å². The maximum atomic E-state index is 13.7. The van der Waals surface area contributed by atoms with E-state index < -0.39 is 41.7 Å². The number of carbonyl (C=O) groups excluding carboxylic acids is 2. The molecule has 1 aromatic carbocycles. The number of alkyl halides is 3. The van der Waals surface area contributed by atoms with E-state index in [9.17, 15) is 27.6 Å². The molecule has 0 bridgehead atoms. The second kappa shape index (κ2) is 13.3. The van der Waals surface area contributed by atoms with Gasteiger partial charge in [0.25, 0.3) is 11.5 Å². The second-order valence-electron chi connectivity index (χ2n) is 10.1. The van der Waals surface area contributed by atoms with E-state index in [-0.39, 0.29) is 57.6 Å². The van der Waals surface area contributed by atoms with Gasteiger partial charge in [-0.2, -0.15) is 13.2 Å². The molecule has 42 heavy (non-hydrogen) atoms. The molecule has 2 amide bonds. The average molecular weight is 611 g/mol. The Bertz CT molecular complexity index is 1490. The Kier molecular flexibility index (Phi) is 10.2. The molecule has 0 saturated heterocycles. The first-order valence-electron chi connectivity index (χ1n) is 12.6. The molecular formula is C28H30ClF3N4O6. The quantitative estimate of drug-likeness (QED) is 0.275. The van der Waals surface area contributed by atoms with Crippen molar-refractivity contribution in [1.29, 1.82) is 0 Å². The monoisotopic (exact) mass is 610 g/mol. The molecule has 0 aliphatic heterocycles. The third kappa shape index (κ3) is 8.70. The summed E-state index contributed by atoms with van der Waals surface area (Å²) in [6.07, 6.45) is -2.22. The van der Waals surface area contributed by atoms with Gasteiger partial charge in [0.05, 0.1) is 30.5 Å². The zero-order chi connectivity index (χ0) is 31.2. The van der Waals surface area contributed by atoms with E-state index in [0.29, 0.717) is 0 Å². The Hall–Kier alpha value is -4.10. The lowest BCUT2D eigenvalue weighted by atomic mass is 9.88. The number of rotatable bonds is 11. The van der Waals surface area contributed by atoms with E-state index in [1.54, 1.807) is 0 Å². The second-order valence-corrected chi connectivity index (χ2v) is 10.5. The minimum Gasteiger partial charge on any atom is -0.495 e. The molecule has 0 aliphatic rings. The van der Waals surface area contributed by atoms with Gasteiger partial charge < -0.3 is 30.2 Å². The van der Waals surface area contributed by atoms with Crippen LogP contribution in [0.15, 0.2) is 47.5 Å². The van der Waals surface area contributed by atoms with Crippen LogP contribution in [0.2, 0.25) is 5.02 Å². The van der Waals surface area contributed by atoms with Gasteiger partial charge in [-0.1, -0.05) is 11.6 Å². The van der Waals surface area contributed by atoms with Crippen molar-refractivity contribution < 1.29 is 37.0 Å². The number of carbonyl (C=O) groups is 2. The number of pyridine rings is 2. The molecule has 2 heterocycles. The molecule has 3 rings (SSSR count). The van der Waals surface area contributed by atoms with Crippen LogP contribution in [0.25, 0.3) is 11.1 Å². The average Bonchev–Trinajstić information content (AvgIpc) is 2.89. The summed E-state index contributed by atoms with van der Waals surface area (Å²) >= 11 is 6.22. The lowest BCUT2D eigenvalue weighted by Gasteiger charge is -2.25. The van der Waals surface area contributed by atoms with Gasteiger partial charge in [0.15, 0.2) is 6.61 Å². The number of methoxy groups -OCH3 is 1. The topological polar surface area (TPSA) is 146 Å². The third-order valence-corrected chi connectivity index (χ3v) is 6.04. The van der Waals surface area contributed by atoms with Crippen LogP contribution in [0.1, 0.15) is 49.2 Å². The van der Waals surface area contributed by atoms with Crippen molar-refractivity contribution in [2.45, 2.75) is 44.9 Å². The molecule has 1 unspecified atom stereocenters. The van der Waals surface area contributed by atoms with Gasteiger partial charge in [-0.3, -0.25) is 14.4 Å². The fourth-order valence-electron chi connectivity index (χ4n) is 4.01. The van der Waals surface area contributed by atoms with Gasteiger partial charge in [0, 0.05) is 34.5 Å². The number of nitrogens with zero attached hydrogens (tertiary/aromatic N) is 1. The summed E-state index contributed by atoms with van der Waals surface area (Å²) in [5, 5.41) is 2.79. The first-order chi connectivity index (χ1) is 19.6. The van der Waals surface area contributed by atoms with Crippen LogP contribution in [0.5, 0.6) is 11.5 Å². The smallest absolute Gasteiger partial charge is 0.422 e.